The molecule has 0 bridgehead atoms. The molecule has 0 saturated carbocycles. The maximum absolute atomic E-state index is 13.3. The van der Waals surface area contributed by atoms with Gasteiger partial charge in [-0.25, -0.2) is 4.39 Å². The van der Waals surface area contributed by atoms with Gasteiger partial charge in [0.05, 0.1) is 25.4 Å². The lowest BCUT2D eigenvalue weighted by Gasteiger charge is -2.40. The van der Waals surface area contributed by atoms with Gasteiger partial charge in [-0.15, -0.1) is 0 Å². The first-order chi connectivity index (χ1) is 22.7. The first-order valence-corrected chi connectivity index (χ1v) is 16.0. The predicted octanol–water partition coefficient (Wildman–Crippen LogP) is 4.09. The van der Waals surface area contributed by atoms with Crippen LogP contribution in [0.5, 0.6) is 5.75 Å². The van der Waals surface area contributed by atoms with Crippen LogP contribution in [-0.4, -0.2) is 74.4 Å². The molecule has 2 saturated heterocycles. The average molecular weight is 645 g/mol. The van der Waals surface area contributed by atoms with Gasteiger partial charge in [-0.2, -0.15) is 0 Å². The first-order valence-electron chi connectivity index (χ1n) is 16.0. The molecule has 2 aliphatic rings. The number of rotatable bonds is 10. The van der Waals surface area contributed by atoms with Crippen LogP contribution in [0.1, 0.15) is 54.2 Å². The molecule has 0 aliphatic carbocycles. The van der Waals surface area contributed by atoms with E-state index in [0.717, 1.165) is 35.2 Å². The molecule has 47 heavy (non-hydrogen) atoms. The second kappa shape index (κ2) is 14.5. The number of aliphatic hydroxyl groups is 5. The second-order valence-corrected chi connectivity index (χ2v) is 12.4. The fourth-order valence-electron chi connectivity index (χ4n) is 6.76. The van der Waals surface area contributed by atoms with E-state index in [0.29, 0.717) is 24.2 Å². The van der Waals surface area contributed by atoms with E-state index in [-0.39, 0.29) is 23.7 Å². The molecule has 10 heteroatoms. The molecule has 8 atom stereocenters. The fourth-order valence-corrected chi connectivity index (χ4v) is 6.76. The third-order valence-electron chi connectivity index (χ3n) is 9.39. The Morgan fingerprint density at radius 2 is 1.55 bits per heavy atom. The van der Waals surface area contributed by atoms with Crippen molar-refractivity contribution in [3.8, 4) is 16.9 Å². The van der Waals surface area contributed by atoms with Gasteiger partial charge < -0.3 is 40.3 Å². The quantitative estimate of drug-likeness (QED) is 0.136. The second-order valence-electron chi connectivity index (χ2n) is 12.4. The first kappa shape index (κ1) is 33.0. The largest absolute Gasteiger partial charge is 0.508 e. The third kappa shape index (κ3) is 7.05. The van der Waals surface area contributed by atoms with E-state index in [1.165, 1.54) is 12.1 Å². The third-order valence-corrected chi connectivity index (χ3v) is 9.39. The lowest BCUT2D eigenvalue weighted by atomic mass is 9.90. The zero-order valence-electron chi connectivity index (χ0n) is 25.8. The molecule has 0 aromatic heterocycles. The Kier molecular flexibility index (Phi) is 10.2. The summed E-state index contributed by atoms with van der Waals surface area (Å²) in [6, 6.07) is 28.5. The summed E-state index contributed by atoms with van der Waals surface area (Å²) in [6.45, 7) is 0.0860. The number of hydrogen-bond donors (Lipinski definition) is 7. The van der Waals surface area contributed by atoms with E-state index in [2.05, 4.69) is 10.2 Å². The Bertz CT molecular complexity index is 1610. The summed E-state index contributed by atoms with van der Waals surface area (Å²) in [5.74, 6) is -0.192. The van der Waals surface area contributed by atoms with Gasteiger partial charge in [0, 0.05) is 17.3 Å². The van der Waals surface area contributed by atoms with E-state index in [9.17, 15) is 35.0 Å². The lowest BCUT2D eigenvalue weighted by molar-refractivity contribution is -0.231. The number of anilines is 1. The highest BCUT2D eigenvalue weighted by Gasteiger charge is 2.44. The monoisotopic (exact) mass is 644 g/mol. The molecule has 2 fully saturated rings. The van der Waals surface area contributed by atoms with Crippen LogP contribution in [0.15, 0.2) is 97.1 Å². The Morgan fingerprint density at radius 1 is 0.851 bits per heavy atom. The van der Waals surface area contributed by atoms with Gasteiger partial charge >= 0.3 is 0 Å². The minimum Gasteiger partial charge on any atom is -0.508 e. The van der Waals surface area contributed by atoms with Crippen molar-refractivity contribution >= 4 is 5.69 Å². The molecule has 4 aromatic rings. The Morgan fingerprint density at radius 3 is 2.23 bits per heavy atom. The molecule has 7 N–H and O–H groups in total. The summed E-state index contributed by atoms with van der Waals surface area (Å²) in [5.41, 5.74) is 4.65. The van der Waals surface area contributed by atoms with Gasteiger partial charge in [0.15, 0.2) is 0 Å². The zero-order chi connectivity index (χ0) is 33.1. The number of benzene rings is 4. The molecular formula is C37H41FN2O7. The normalized spacial score (nSPS) is 26.8. The Balaban J connectivity index is 1.20. The number of phenolic OH excluding ortho intramolecular Hbond substituents is 1. The van der Waals surface area contributed by atoms with Crippen LogP contribution in [0.4, 0.5) is 10.1 Å². The number of phenols is 1. The summed E-state index contributed by atoms with van der Waals surface area (Å²) in [4.78, 5) is 2.23. The van der Waals surface area contributed by atoms with Crippen LogP contribution in [0, 0.1) is 5.82 Å². The molecule has 0 radical (unpaired) electrons. The molecule has 2 heterocycles. The number of aromatic hydroxyl groups is 1. The van der Waals surface area contributed by atoms with Crippen LogP contribution in [0.3, 0.4) is 0 Å². The topological polar surface area (TPSA) is 146 Å². The average Bonchev–Trinajstić information content (AvgIpc) is 3.51. The summed E-state index contributed by atoms with van der Waals surface area (Å²) < 4.78 is 19.0. The van der Waals surface area contributed by atoms with Crippen molar-refractivity contribution in [2.24, 2.45) is 0 Å². The van der Waals surface area contributed by atoms with Crippen LogP contribution >= 0.6 is 0 Å². The highest BCUT2D eigenvalue weighted by molar-refractivity contribution is 5.67. The maximum Gasteiger partial charge on any atom is 0.123 e. The number of halogens is 1. The van der Waals surface area contributed by atoms with Gasteiger partial charge in [-0.3, -0.25) is 5.32 Å². The molecule has 6 rings (SSSR count). The summed E-state index contributed by atoms with van der Waals surface area (Å²) in [5, 5.41) is 66.1. The van der Waals surface area contributed by atoms with Crippen molar-refractivity contribution in [2.75, 3.05) is 18.2 Å². The van der Waals surface area contributed by atoms with Gasteiger partial charge in [-0.05, 0) is 71.8 Å². The van der Waals surface area contributed by atoms with Gasteiger partial charge in [0.25, 0.3) is 0 Å². The van der Waals surface area contributed by atoms with Crippen molar-refractivity contribution in [1.82, 2.24) is 5.32 Å². The molecule has 0 amide bonds. The van der Waals surface area contributed by atoms with E-state index in [4.69, 9.17) is 4.74 Å². The van der Waals surface area contributed by atoms with Gasteiger partial charge in [0.2, 0.25) is 0 Å². The standard InChI is InChI=1S/C37H41FN2O7/c38-26-16-13-23(14-17-26)30(42)8-4-7-29-33(40(21-39-29)27-5-2-1-3-6-27)28-18-15-25(19-31(28)43)22-9-11-24(12-10-22)37-36(46)35(45)34(44)32(20-41)47-37/h1-3,5-6,9-19,29-30,32-37,39,41-46H,4,7-8,20-21H2. The number of nitrogens with one attached hydrogen (secondary N) is 1. The lowest BCUT2D eigenvalue weighted by Crippen LogP contribution is -2.55. The molecule has 4 aromatic carbocycles. The molecule has 9 nitrogen and oxygen atoms in total. The van der Waals surface area contributed by atoms with E-state index in [1.807, 2.05) is 54.6 Å². The van der Waals surface area contributed by atoms with Crippen molar-refractivity contribution in [2.45, 2.75) is 68.0 Å². The minimum absolute atomic E-state index is 0.00908. The van der Waals surface area contributed by atoms with Crippen molar-refractivity contribution in [3.05, 3.63) is 120 Å². The number of aliphatic hydroxyl groups excluding tert-OH is 5. The minimum atomic E-state index is -1.46. The smallest absolute Gasteiger partial charge is 0.123 e. The van der Waals surface area contributed by atoms with Crippen LogP contribution in [0.25, 0.3) is 11.1 Å². The fraction of sp³-hybridized carbons (Fsp3) is 0.351. The van der Waals surface area contributed by atoms with Crippen molar-refractivity contribution < 1.29 is 39.8 Å². The molecule has 0 spiro atoms. The molecular weight excluding hydrogens is 603 g/mol. The molecule has 8 unspecified atom stereocenters. The summed E-state index contributed by atoms with van der Waals surface area (Å²) in [7, 11) is 0. The molecule has 248 valence electrons. The number of ether oxygens (including phenoxy) is 1. The zero-order valence-corrected chi connectivity index (χ0v) is 25.8. The van der Waals surface area contributed by atoms with E-state index in [1.54, 1.807) is 30.3 Å². The van der Waals surface area contributed by atoms with Crippen LogP contribution in [0.2, 0.25) is 0 Å². The Hall–Kier alpha value is -3.87. The van der Waals surface area contributed by atoms with Gasteiger partial charge in [0.1, 0.15) is 42.1 Å². The number of para-hydroxylation sites is 1. The highest BCUT2D eigenvalue weighted by atomic mass is 19.1. The van der Waals surface area contributed by atoms with Gasteiger partial charge in [-0.1, -0.05) is 66.7 Å². The summed E-state index contributed by atoms with van der Waals surface area (Å²) in [6.07, 6.45) is -4.89. The van der Waals surface area contributed by atoms with Crippen molar-refractivity contribution in [1.29, 1.82) is 0 Å². The van der Waals surface area contributed by atoms with Crippen LogP contribution in [-0.2, 0) is 4.74 Å². The maximum atomic E-state index is 13.3. The number of hydrogen-bond acceptors (Lipinski definition) is 9. The predicted molar refractivity (Wildman–Crippen MR) is 175 cm³/mol. The van der Waals surface area contributed by atoms with E-state index >= 15 is 0 Å². The highest BCUT2D eigenvalue weighted by Crippen LogP contribution is 2.41. The van der Waals surface area contributed by atoms with Crippen LogP contribution < -0.4 is 10.2 Å². The number of nitrogens with zero attached hydrogens (tertiary/aromatic N) is 1. The Labute approximate surface area is 273 Å². The summed E-state index contributed by atoms with van der Waals surface area (Å²) >= 11 is 0. The molecule has 2 aliphatic heterocycles. The van der Waals surface area contributed by atoms with E-state index < -0.39 is 43.2 Å². The SMILES string of the molecule is OCC1OC(c2ccc(-c3ccc(C4C(CCCC(O)c5ccc(F)cc5)NCN4c4ccccc4)c(O)c3)cc2)C(O)C(O)C1O. The van der Waals surface area contributed by atoms with Crippen molar-refractivity contribution in [3.63, 3.8) is 0 Å².